The largest absolute Gasteiger partial charge is 0.229 e. The smallest absolute Gasteiger partial charge is 0.212 e. The lowest BCUT2D eigenvalue weighted by Crippen LogP contribution is -2.28. The SMILES string of the molecule is CS(=O)(=O)CCCNS(=O)(=O)CCCl. The zero-order valence-corrected chi connectivity index (χ0v) is 10.3. The van der Waals surface area contributed by atoms with Crippen LogP contribution in [0.4, 0.5) is 0 Å². The van der Waals surface area contributed by atoms with Gasteiger partial charge >= 0.3 is 0 Å². The quantitative estimate of drug-likeness (QED) is 0.500. The van der Waals surface area contributed by atoms with Gasteiger partial charge in [0.25, 0.3) is 0 Å². The minimum Gasteiger partial charge on any atom is -0.229 e. The van der Waals surface area contributed by atoms with E-state index >= 15 is 0 Å². The highest BCUT2D eigenvalue weighted by molar-refractivity contribution is 7.90. The van der Waals surface area contributed by atoms with Crippen molar-refractivity contribution in [1.29, 1.82) is 0 Å². The summed E-state index contributed by atoms with van der Waals surface area (Å²) in [5, 5.41) is 0. The third-order valence-corrected chi connectivity index (χ3v) is 4.19. The molecule has 0 aliphatic carbocycles. The molecule has 0 saturated heterocycles. The number of halogens is 1. The van der Waals surface area contributed by atoms with Gasteiger partial charge in [0.2, 0.25) is 10.0 Å². The zero-order chi connectivity index (χ0) is 11.2. The number of hydrogen-bond donors (Lipinski definition) is 1. The van der Waals surface area contributed by atoms with Gasteiger partial charge in [-0.25, -0.2) is 21.6 Å². The van der Waals surface area contributed by atoms with Crippen LogP contribution in [0.25, 0.3) is 0 Å². The van der Waals surface area contributed by atoms with Crippen molar-refractivity contribution in [3.05, 3.63) is 0 Å². The Morgan fingerprint density at radius 3 is 2.14 bits per heavy atom. The van der Waals surface area contributed by atoms with Crippen LogP contribution in [0.15, 0.2) is 0 Å². The van der Waals surface area contributed by atoms with E-state index in [1.54, 1.807) is 0 Å². The number of sulfone groups is 1. The molecule has 0 aliphatic heterocycles. The van der Waals surface area contributed by atoms with Crippen LogP contribution >= 0.6 is 11.6 Å². The highest BCUT2D eigenvalue weighted by atomic mass is 35.5. The average molecular weight is 264 g/mol. The molecular formula is C6H14ClNO4S2. The van der Waals surface area contributed by atoms with Crippen LogP contribution in [0, 0.1) is 0 Å². The van der Waals surface area contributed by atoms with Gasteiger partial charge in [-0.3, -0.25) is 0 Å². The van der Waals surface area contributed by atoms with Gasteiger partial charge in [0.15, 0.2) is 0 Å². The molecule has 0 aliphatic rings. The normalized spacial score (nSPS) is 13.0. The topological polar surface area (TPSA) is 80.3 Å². The summed E-state index contributed by atoms with van der Waals surface area (Å²) in [6.45, 7) is 0.131. The molecule has 0 saturated carbocycles. The molecule has 5 nitrogen and oxygen atoms in total. The fraction of sp³-hybridized carbons (Fsp3) is 1.00. The Bertz CT molecular complexity index is 348. The number of sulfonamides is 1. The van der Waals surface area contributed by atoms with Gasteiger partial charge < -0.3 is 0 Å². The number of nitrogens with one attached hydrogen (secondary N) is 1. The van der Waals surface area contributed by atoms with E-state index in [2.05, 4.69) is 4.72 Å². The van der Waals surface area contributed by atoms with Crippen molar-refractivity contribution < 1.29 is 16.8 Å². The van der Waals surface area contributed by atoms with Crippen molar-refractivity contribution in [3.63, 3.8) is 0 Å². The van der Waals surface area contributed by atoms with E-state index in [1.165, 1.54) is 0 Å². The van der Waals surface area contributed by atoms with Crippen molar-refractivity contribution in [3.8, 4) is 0 Å². The van der Waals surface area contributed by atoms with Crippen LogP contribution in [0.1, 0.15) is 6.42 Å². The molecule has 0 atom stereocenters. The lowest BCUT2D eigenvalue weighted by molar-refractivity contribution is 0.578. The van der Waals surface area contributed by atoms with Crippen LogP contribution in [0.3, 0.4) is 0 Å². The van der Waals surface area contributed by atoms with Crippen molar-refractivity contribution >= 4 is 31.5 Å². The third-order valence-electron chi connectivity index (χ3n) is 1.36. The van der Waals surface area contributed by atoms with Crippen molar-refractivity contribution in [2.75, 3.05) is 30.2 Å². The first kappa shape index (κ1) is 14.2. The van der Waals surface area contributed by atoms with Crippen LogP contribution < -0.4 is 4.72 Å². The molecule has 0 amide bonds. The molecule has 0 aromatic rings. The second kappa shape index (κ2) is 5.89. The highest BCUT2D eigenvalue weighted by Gasteiger charge is 2.08. The molecular weight excluding hydrogens is 250 g/mol. The Hall–Kier alpha value is 0.150. The fourth-order valence-electron chi connectivity index (χ4n) is 0.736. The third kappa shape index (κ3) is 8.74. The molecule has 0 bridgehead atoms. The maximum Gasteiger partial charge on any atom is 0.212 e. The van der Waals surface area contributed by atoms with Crippen LogP contribution in [-0.2, 0) is 19.9 Å². The van der Waals surface area contributed by atoms with E-state index in [0.717, 1.165) is 6.26 Å². The molecule has 0 unspecified atom stereocenters. The molecule has 0 rings (SSSR count). The maximum absolute atomic E-state index is 11.0. The molecule has 86 valence electrons. The monoisotopic (exact) mass is 263 g/mol. The number of alkyl halides is 1. The second-order valence-electron chi connectivity index (χ2n) is 2.89. The Balaban J connectivity index is 3.76. The first-order valence-corrected chi connectivity index (χ1v) is 8.22. The summed E-state index contributed by atoms with van der Waals surface area (Å²) in [6.07, 6.45) is 1.39. The molecule has 0 radical (unpaired) electrons. The Morgan fingerprint density at radius 2 is 1.71 bits per heavy atom. The van der Waals surface area contributed by atoms with Gasteiger partial charge in [-0.2, -0.15) is 0 Å². The van der Waals surface area contributed by atoms with Crippen LogP contribution in [0.2, 0.25) is 0 Å². The highest BCUT2D eigenvalue weighted by Crippen LogP contribution is 1.90. The van der Waals surface area contributed by atoms with Gasteiger partial charge in [0.1, 0.15) is 9.84 Å². The Labute approximate surface area is 89.8 Å². The molecule has 0 aromatic carbocycles. The van der Waals surface area contributed by atoms with E-state index in [9.17, 15) is 16.8 Å². The summed E-state index contributed by atoms with van der Waals surface area (Å²) >= 11 is 5.26. The van der Waals surface area contributed by atoms with Gasteiger partial charge in [0, 0.05) is 18.7 Å². The molecule has 0 heterocycles. The van der Waals surface area contributed by atoms with Crippen molar-refractivity contribution in [2.24, 2.45) is 0 Å². The standard InChI is InChI=1S/C6H14ClNO4S2/c1-13(9,10)5-2-4-8-14(11,12)6-3-7/h8H,2-6H2,1H3. The van der Waals surface area contributed by atoms with Gasteiger partial charge in [-0.15, -0.1) is 11.6 Å². The number of rotatable bonds is 7. The van der Waals surface area contributed by atoms with Gasteiger partial charge in [0.05, 0.1) is 11.5 Å². The fourth-order valence-corrected chi connectivity index (χ4v) is 2.82. The summed E-state index contributed by atoms with van der Waals surface area (Å²) < 4.78 is 45.6. The predicted octanol–water partition coefficient (Wildman–Crippen LogP) is -0.421. The zero-order valence-electron chi connectivity index (χ0n) is 7.86. The van der Waals surface area contributed by atoms with E-state index in [0.29, 0.717) is 0 Å². The minimum atomic E-state index is -3.33. The molecule has 0 aromatic heterocycles. The Morgan fingerprint density at radius 1 is 1.14 bits per heavy atom. The molecule has 0 fully saturated rings. The van der Waals surface area contributed by atoms with E-state index in [1.807, 2.05) is 0 Å². The Kier molecular flexibility index (Phi) is 5.96. The van der Waals surface area contributed by atoms with E-state index in [-0.39, 0.29) is 30.4 Å². The predicted molar refractivity (Wildman–Crippen MR) is 56.8 cm³/mol. The van der Waals surface area contributed by atoms with Crippen LogP contribution in [-0.4, -0.2) is 47.0 Å². The lowest BCUT2D eigenvalue weighted by atomic mass is 10.5. The first-order chi connectivity index (χ1) is 6.27. The molecule has 14 heavy (non-hydrogen) atoms. The van der Waals surface area contributed by atoms with Gasteiger partial charge in [-0.05, 0) is 6.42 Å². The summed E-state index contributed by atoms with van der Waals surface area (Å²) in [7, 11) is -6.34. The van der Waals surface area contributed by atoms with Gasteiger partial charge in [-0.1, -0.05) is 0 Å². The minimum absolute atomic E-state index is 0.0175. The molecule has 1 N–H and O–H groups in total. The molecule has 0 spiro atoms. The van der Waals surface area contributed by atoms with E-state index < -0.39 is 19.9 Å². The first-order valence-electron chi connectivity index (χ1n) is 3.98. The molecule has 8 heteroatoms. The summed E-state index contributed by atoms with van der Waals surface area (Å²) in [4.78, 5) is 0. The van der Waals surface area contributed by atoms with E-state index in [4.69, 9.17) is 11.6 Å². The summed E-state index contributed by atoms with van der Waals surface area (Å²) in [5.41, 5.74) is 0. The maximum atomic E-state index is 11.0. The summed E-state index contributed by atoms with van der Waals surface area (Å²) in [5.74, 6) is -0.134. The van der Waals surface area contributed by atoms with Crippen molar-refractivity contribution in [1.82, 2.24) is 4.72 Å². The second-order valence-corrected chi connectivity index (χ2v) is 7.45. The average Bonchev–Trinajstić information content (AvgIpc) is 1.96. The van der Waals surface area contributed by atoms with Crippen molar-refractivity contribution in [2.45, 2.75) is 6.42 Å². The lowest BCUT2D eigenvalue weighted by Gasteiger charge is -2.03. The van der Waals surface area contributed by atoms with Crippen LogP contribution in [0.5, 0.6) is 0 Å². The number of hydrogen-bond acceptors (Lipinski definition) is 4. The summed E-state index contributed by atoms with van der Waals surface area (Å²) in [6, 6.07) is 0.